The number of hydrogen-bond donors (Lipinski definition) is 2. The topological polar surface area (TPSA) is 95.5 Å². The van der Waals surface area contributed by atoms with Crippen molar-refractivity contribution < 1.29 is 23.5 Å². The highest BCUT2D eigenvalue weighted by Gasteiger charge is 2.48. The van der Waals surface area contributed by atoms with Gasteiger partial charge in [-0.15, -0.1) is 0 Å². The first-order chi connectivity index (χ1) is 14.0. The summed E-state index contributed by atoms with van der Waals surface area (Å²) in [5.41, 5.74) is 2.39. The zero-order valence-corrected chi connectivity index (χ0v) is 16.1. The van der Waals surface area contributed by atoms with Crippen molar-refractivity contribution in [3.63, 3.8) is 0 Å². The molecule has 9 nitrogen and oxygen atoms in total. The van der Waals surface area contributed by atoms with Crippen LogP contribution in [0, 0.1) is 0 Å². The van der Waals surface area contributed by atoms with E-state index in [0.29, 0.717) is 37.8 Å². The van der Waals surface area contributed by atoms with E-state index in [-0.39, 0.29) is 19.0 Å². The molecular formula is C19H24FN5O4. The summed E-state index contributed by atoms with van der Waals surface area (Å²) < 4.78 is 25.4. The molecule has 2 amide bonds. The Kier molecular flexibility index (Phi) is 5.27. The fraction of sp³-hybridized carbons (Fsp3) is 0.526. The quantitative estimate of drug-likeness (QED) is 0.704. The number of aliphatic imine (C=N–C) groups is 1. The summed E-state index contributed by atoms with van der Waals surface area (Å²) in [5.74, 6) is -0.361. The normalized spacial score (nSPS) is 26.8. The van der Waals surface area contributed by atoms with Gasteiger partial charge in [-0.1, -0.05) is 30.3 Å². The number of nitrogens with zero attached hydrogens (tertiary/aromatic N) is 3. The number of piperazine rings is 1. The third-order valence-electron chi connectivity index (χ3n) is 5.57. The minimum Gasteiger partial charge on any atom is -0.463 e. The molecule has 3 atom stereocenters. The van der Waals surface area contributed by atoms with E-state index in [4.69, 9.17) is 9.47 Å². The average Bonchev–Trinajstić information content (AvgIpc) is 3.40. The van der Waals surface area contributed by atoms with Crippen LogP contribution in [0.3, 0.4) is 0 Å². The van der Waals surface area contributed by atoms with Crippen LogP contribution in [0.1, 0.15) is 12.5 Å². The summed E-state index contributed by atoms with van der Waals surface area (Å²) in [5, 5.41) is 4.15. The second-order valence-electron chi connectivity index (χ2n) is 7.37. The molecule has 2 saturated heterocycles. The van der Waals surface area contributed by atoms with Gasteiger partial charge >= 0.3 is 6.09 Å². The Morgan fingerprint density at radius 1 is 1.34 bits per heavy atom. The average molecular weight is 405 g/mol. The van der Waals surface area contributed by atoms with Crippen LogP contribution in [0.4, 0.5) is 9.18 Å². The van der Waals surface area contributed by atoms with Gasteiger partial charge in [0, 0.05) is 13.1 Å². The van der Waals surface area contributed by atoms with Gasteiger partial charge in [0.2, 0.25) is 5.91 Å². The maximum Gasteiger partial charge on any atom is 0.407 e. The Morgan fingerprint density at radius 3 is 2.76 bits per heavy atom. The number of alkyl halides is 1. The van der Waals surface area contributed by atoms with E-state index in [9.17, 15) is 14.0 Å². The van der Waals surface area contributed by atoms with Crippen LogP contribution in [0.15, 0.2) is 35.3 Å². The molecule has 4 rings (SSSR count). The summed E-state index contributed by atoms with van der Waals surface area (Å²) in [4.78, 5) is 30.5. The lowest BCUT2D eigenvalue weighted by Crippen LogP contribution is -2.62. The van der Waals surface area contributed by atoms with Gasteiger partial charge in [0.15, 0.2) is 6.30 Å². The Bertz CT molecular complexity index is 807. The van der Waals surface area contributed by atoms with Gasteiger partial charge in [0.1, 0.15) is 18.1 Å². The monoisotopic (exact) mass is 405 g/mol. The second kappa shape index (κ2) is 7.86. The number of amides is 2. The van der Waals surface area contributed by atoms with Crippen LogP contribution in [0.5, 0.6) is 0 Å². The molecule has 3 aliphatic heterocycles. The Balaban J connectivity index is 1.48. The fourth-order valence-electron chi connectivity index (χ4n) is 3.77. The highest BCUT2D eigenvalue weighted by molar-refractivity contribution is 5.89. The number of halogens is 1. The number of benzene rings is 1. The van der Waals surface area contributed by atoms with Crippen LogP contribution in [0.2, 0.25) is 0 Å². The lowest BCUT2D eigenvalue weighted by atomic mass is 9.76. The highest BCUT2D eigenvalue weighted by atomic mass is 19.1. The van der Waals surface area contributed by atoms with E-state index in [1.54, 1.807) is 11.9 Å². The SMILES string of the molecule is CC(C(=O)NN1CCN(C2=NCCO2)C(F)C1)(c1ccccc1)C1CNC(=O)O1. The summed E-state index contributed by atoms with van der Waals surface area (Å²) in [6.07, 6.45) is -2.59. The number of ether oxygens (including phenoxy) is 2. The number of cyclic esters (lactones) is 1. The summed E-state index contributed by atoms with van der Waals surface area (Å²) >= 11 is 0. The van der Waals surface area contributed by atoms with Crippen molar-refractivity contribution in [1.29, 1.82) is 0 Å². The van der Waals surface area contributed by atoms with Crippen LogP contribution >= 0.6 is 0 Å². The van der Waals surface area contributed by atoms with Crippen molar-refractivity contribution in [1.82, 2.24) is 20.7 Å². The maximum atomic E-state index is 14.7. The first kappa shape index (κ1) is 19.4. The molecule has 156 valence electrons. The molecule has 0 radical (unpaired) electrons. The predicted molar refractivity (Wildman–Crippen MR) is 102 cm³/mol. The number of nitrogens with one attached hydrogen (secondary N) is 2. The number of amidine groups is 1. The van der Waals surface area contributed by atoms with Gasteiger partial charge in [0.25, 0.3) is 6.02 Å². The molecular weight excluding hydrogens is 381 g/mol. The number of rotatable bonds is 4. The number of carbonyl (C=O) groups excluding carboxylic acids is 2. The van der Waals surface area contributed by atoms with Crippen molar-refractivity contribution in [3.05, 3.63) is 35.9 Å². The summed E-state index contributed by atoms with van der Waals surface area (Å²) in [6, 6.07) is 9.45. The molecule has 0 aliphatic carbocycles. The van der Waals surface area contributed by atoms with E-state index in [1.807, 2.05) is 30.3 Å². The number of hydrogen-bond acceptors (Lipinski definition) is 7. The third-order valence-corrected chi connectivity index (χ3v) is 5.57. The first-order valence-corrected chi connectivity index (χ1v) is 9.62. The van der Waals surface area contributed by atoms with Crippen LogP contribution < -0.4 is 10.7 Å². The van der Waals surface area contributed by atoms with E-state index in [1.165, 1.54) is 4.90 Å². The van der Waals surface area contributed by atoms with Crippen molar-refractivity contribution in [2.24, 2.45) is 4.99 Å². The molecule has 10 heteroatoms. The van der Waals surface area contributed by atoms with Crippen molar-refractivity contribution >= 4 is 18.0 Å². The molecule has 3 unspecified atom stereocenters. The van der Waals surface area contributed by atoms with Crippen LogP contribution in [-0.4, -0.2) is 79.7 Å². The van der Waals surface area contributed by atoms with Crippen LogP contribution in [0.25, 0.3) is 0 Å². The lowest BCUT2D eigenvalue weighted by Gasteiger charge is -2.40. The zero-order chi connectivity index (χ0) is 20.4. The maximum absolute atomic E-state index is 14.7. The molecule has 0 spiro atoms. The molecule has 2 fully saturated rings. The molecule has 3 heterocycles. The number of carbonyl (C=O) groups is 2. The smallest absolute Gasteiger partial charge is 0.407 e. The summed E-state index contributed by atoms with van der Waals surface area (Å²) in [6.45, 7) is 3.65. The molecule has 1 aromatic rings. The van der Waals surface area contributed by atoms with E-state index in [2.05, 4.69) is 15.7 Å². The Labute approximate surface area is 167 Å². The van der Waals surface area contributed by atoms with Crippen molar-refractivity contribution in [2.75, 3.05) is 39.3 Å². The van der Waals surface area contributed by atoms with Gasteiger partial charge in [-0.2, -0.15) is 0 Å². The van der Waals surface area contributed by atoms with Gasteiger partial charge in [-0.3, -0.25) is 15.1 Å². The molecule has 2 N–H and O–H groups in total. The van der Waals surface area contributed by atoms with Crippen molar-refractivity contribution in [3.8, 4) is 0 Å². The molecule has 0 bridgehead atoms. The van der Waals surface area contributed by atoms with Crippen molar-refractivity contribution in [2.45, 2.75) is 24.7 Å². The third kappa shape index (κ3) is 3.71. The Hall–Kier alpha value is -2.88. The first-order valence-electron chi connectivity index (χ1n) is 9.62. The largest absolute Gasteiger partial charge is 0.463 e. The van der Waals surface area contributed by atoms with E-state index < -0.39 is 23.9 Å². The lowest BCUT2D eigenvalue weighted by molar-refractivity contribution is -0.136. The molecule has 1 aromatic carbocycles. The van der Waals surface area contributed by atoms with Crippen LogP contribution in [-0.2, 0) is 19.7 Å². The van der Waals surface area contributed by atoms with Gasteiger partial charge in [-0.05, 0) is 12.5 Å². The molecule has 29 heavy (non-hydrogen) atoms. The highest BCUT2D eigenvalue weighted by Crippen LogP contribution is 2.32. The van der Waals surface area contributed by atoms with E-state index in [0.717, 1.165) is 0 Å². The summed E-state index contributed by atoms with van der Waals surface area (Å²) in [7, 11) is 0. The molecule has 0 aromatic heterocycles. The van der Waals surface area contributed by atoms with Gasteiger partial charge in [-0.25, -0.2) is 19.2 Å². The Morgan fingerprint density at radius 2 is 2.14 bits per heavy atom. The predicted octanol–water partition coefficient (Wildman–Crippen LogP) is 0.383. The second-order valence-corrected chi connectivity index (χ2v) is 7.37. The minimum absolute atomic E-state index is 0.0261. The molecule has 3 aliphatic rings. The van der Waals surface area contributed by atoms with E-state index >= 15 is 0 Å². The fourth-order valence-corrected chi connectivity index (χ4v) is 3.77. The van der Waals surface area contributed by atoms with Gasteiger partial charge < -0.3 is 14.8 Å². The standard InChI is InChI=1S/C19H24FN5O4/c1-19(13-5-3-2-4-6-13,14-11-22-18(27)29-14)16(26)23-24-8-9-25(15(20)12-24)17-21-7-10-28-17/h2-6,14-15H,7-12H2,1H3,(H,22,27)(H,23,26). The number of alkyl carbamates (subject to hydrolysis) is 1. The number of hydrazine groups is 1. The van der Waals surface area contributed by atoms with Gasteiger partial charge in [0.05, 0.1) is 19.6 Å². The molecule has 0 saturated carbocycles. The minimum atomic E-state index is -1.35. The zero-order valence-electron chi connectivity index (χ0n) is 16.1.